The molecule has 20 heavy (non-hydrogen) atoms. The number of hydrogen-bond acceptors (Lipinski definition) is 6. The molecule has 0 aliphatic carbocycles. The van der Waals surface area contributed by atoms with Crippen LogP contribution in [0.15, 0.2) is 4.99 Å². The summed E-state index contributed by atoms with van der Waals surface area (Å²) in [7, 11) is 0. The van der Waals surface area contributed by atoms with E-state index in [1.165, 1.54) is 0 Å². The molecule has 1 rings (SSSR count). The lowest BCUT2D eigenvalue weighted by Gasteiger charge is -2.29. The van der Waals surface area contributed by atoms with E-state index in [0.717, 1.165) is 4.90 Å². The summed E-state index contributed by atoms with van der Waals surface area (Å²) < 4.78 is 4.90. The highest BCUT2D eigenvalue weighted by Gasteiger charge is 2.40. The molecule has 0 aromatic carbocycles. The molecule has 0 aromatic heterocycles. The number of amides is 1. The largest absolute Gasteiger partial charge is 0.595 e. The standard InChI is InChI=1S/C12H20N2O6/c1-12(2,3)20-11(19)13-6-8(16)14-5-4-7(15)9(14)10(17)18/h7,9,15H,4-6H2,1-3H3,(H,13,19)(H,17,18)/p-1. The Morgan fingerprint density at radius 1 is 1.45 bits per heavy atom. The van der Waals surface area contributed by atoms with Crippen molar-refractivity contribution in [1.82, 2.24) is 4.90 Å². The first-order valence-corrected chi connectivity index (χ1v) is 6.22. The molecule has 114 valence electrons. The van der Waals surface area contributed by atoms with Gasteiger partial charge in [-0.15, -0.1) is 0 Å². The third kappa shape index (κ3) is 4.37. The van der Waals surface area contributed by atoms with Gasteiger partial charge in [0.25, 0.3) is 0 Å². The highest BCUT2D eigenvalue weighted by atomic mass is 16.6. The fourth-order valence-corrected chi connectivity index (χ4v) is 1.87. The minimum absolute atomic E-state index is 0.126. The third-order valence-corrected chi connectivity index (χ3v) is 2.68. The summed E-state index contributed by atoms with van der Waals surface area (Å²) in [5, 5.41) is 29.8. The molecule has 0 aromatic rings. The van der Waals surface area contributed by atoms with Crippen molar-refractivity contribution in [2.75, 3.05) is 13.1 Å². The summed E-state index contributed by atoms with van der Waals surface area (Å²) in [4.78, 5) is 27.3. The molecule has 8 nitrogen and oxygen atoms in total. The first-order valence-electron chi connectivity index (χ1n) is 6.22. The van der Waals surface area contributed by atoms with Crippen molar-refractivity contribution in [3.05, 3.63) is 0 Å². The Kier molecular flexibility index (Phi) is 4.93. The van der Waals surface area contributed by atoms with Gasteiger partial charge in [0.1, 0.15) is 12.6 Å². The Bertz CT molecular complexity index is 415. The number of carboxylic acid groups (broad SMARTS) is 1. The molecular weight excluding hydrogens is 268 g/mol. The lowest BCUT2D eigenvalue weighted by molar-refractivity contribution is -0.260. The van der Waals surface area contributed by atoms with E-state index in [0.29, 0.717) is 0 Å². The van der Waals surface area contributed by atoms with E-state index in [9.17, 15) is 19.8 Å². The Balaban J connectivity index is 2.63. The van der Waals surface area contributed by atoms with E-state index in [2.05, 4.69) is 4.99 Å². The molecule has 1 aliphatic rings. The molecule has 8 heteroatoms. The minimum Gasteiger partial charge on any atom is -0.595 e. The average molecular weight is 287 g/mol. The van der Waals surface area contributed by atoms with Crippen LogP contribution in [0.2, 0.25) is 0 Å². The maximum atomic E-state index is 11.8. The van der Waals surface area contributed by atoms with E-state index in [1.54, 1.807) is 20.8 Å². The van der Waals surface area contributed by atoms with Gasteiger partial charge >= 0.3 is 5.97 Å². The van der Waals surface area contributed by atoms with Crippen LogP contribution in [0, 0.1) is 0 Å². The second-order valence-electron chi connectivity index (χ2n) is 5.52. The van der Waals surface area contributed by atoms with Gasteiger partial charge in [0, 0.05) is 12.1 Å². The van der Waals surface area contributed by atoms with Gasteiger partial charge in [-0.1, -0.05) is 20.8 Å². The number of carbonyl (C=O) groups excluding carboxylic acids is 1. The molecule has 2 unspecified atom stereocenters. The summed E-state index contributed by atoms with van der Waals surface area (Å²) in [6.07, 6.45) is -1.79. The number of nitrogens with zero attached hydrogens (tertiary/aromatic N) is 2. The zero-order valence-electron chi connectivity index (χ0n) is 11.7. The summed E-state index contributed by atoms with van der Waals surface area (Å²) in [6.45, 7) is 4.63. The highest BCUT2D eigenvalue weighted by molar-refractivity contribution is 5.86. The van der Waals surface area contributed by atoms with E-state index in [-0.39, 0.29) is 13.0 Å². The minimum atomic E-state index is -1.28. The normalized spacial score (nSPS) is 23.8. The van der Waals surface area contributed by atoms with Crippen LogP contribution in [-0.4, -0.2) is 63.9 Å². The van der Waals surface area contributed by atoms with E-state index in [1.807, 2.05) is 0 Å². The SMILES string of the molecule is CC(C)(C)OC([O-])=NCC(=O)N1CCC(O)C1C(=O)O. The molecule has 0 saturated carbocycles. The van der Waals surface area contributed by atoms with Crippen LogP contribution >= 0.6 is 0 Å². The van der Waals surface area contributed by atoms with Gasteiger partial charge in [-0.3, -0.25) is 9.79 Å². The number of aliphatic hydroxyl groups excluding tert-OH is 1. The second-order valence-corrected chi connectivity index (χ2v) is 5.52. The topological polar surface area (TPSA) is 122 Å². The van der Waals surface area contributed by atoms with Crippen molar-refractivity contribution in [3.8, 4) is 0 Å². The Morgan fingerprint density at radius 3 is 2.55 bits per heavy atom. The number of aliphatic carboxylic acids is 1. The third-order valence-electron chi connectivity index (χ3n) is 2.68. The first kappa shape index (κ1) is 16.2. The van der Waals surface area contributed by atoms with Gasteiger partial charge in [-0.05, 0) is 6.42 Å². The van der Waals surface area contributed by atoms with Crippen molar-refractivity contribution in [2.45, 2.75) is 44.9 Å². The van der Waals surface area contributed by atoms with Crippen LogP contribution in [0.25, 0.3) is 0 Å². The summed E-state index contributed by atoms with van der Waals surface area (Å²) >= 11 is 0. The lowest BCUT2D eigenvalue weighted by Crippen LogP contribution is -2.46. The molecule has 0 bridgehead atoms. The van der Waals surface area contributed by atoms with Crippen LogP contribution in [0.1, 0.15) is 27.2 Å². The van der Waals surface area contributed by atoms with Crippen LogP contribution in [0.5, 0.6) is 0 Å². The number of ether oxygens (including phenoxy) is 1. The molecule has 2 atom stereocenters. The summed E-state index contributed by atoms with van der Waals surface area (Å²) in [5.41, 5.74) is -0.711. The Morgan fingerprint density at radius 2 is 2.05 bits per heavy atom. The van der Waals surface area contributed by atoms with E-state index in [4.69, 9.17) is 9.84 Å². The average Bonchev–Trinajstić information content (AvgIpc) is 2.65. The molecule has 0 radical (unpaired) electrons. The van der Waals surface area contributed by atoms with Gasteiger partial charge in [0.15, 0.2) is 6.04 Å². The van der Waals surface area contributed by atoms with Crippen molar-refractivity contribution >= 4 is 18.0 Å². The zero-order valence-corrected chi connectivity index (χ0v) is 11.7. The number of likely N-dealkylation sites (tertiary alicyclic amines) is 1. The van der Waals surface area contributed by atoms with E-state index >= 15 is 0 Å². The number of carboxylic acids is 1. The van der Waals surface area contributed by atoms with Gasteiger partial charge in [-0.2, -0.15) is 0 Å². The highest BCUT2D eigenvalue weighted by Crippen LogP contribution is 2.18. The lowest BCUT2D eigenvalue weighted by atomic mass is 10.2. The molecule has 0 spiro atoms. The molecule has 1 saturated heterocycles. The number of aliphatic hydroxyl groups is 1. The summed E-state index contributed by atoms with van der Waals surface area (Å²) in [6, 6.07) is -1.28. The number of hydrogen-bond donors (Lipinski definition) is 2. The first-order chi connectivity index (χ1) is 9.11. The number of carbonyl (C=O) groups is 2. The molecule has 1 heterocycles. The van der Waals surface area contributed by atoms with Gasteiger partial charge in [0.2, 0.25) is 5.91 Å². The van der Waals surface area contributed by atoms with E-state index < -0.39 is 42.3 Å². The van der Waals surface area contributed by atoms with Crippen LogP contribution in [-0.2, 0) is 14.3 Å². The molecule has 1 aliphatic heterocycles. The smallest absolute Gasteiger partial charge is 0.329 e. The molecule has 2 N–H and O–H groups in total. The van der Waals surface area contributed by atoms with Gasteiger partial charge < -0.3 is 25.0 Å². The number of rotatable bonds is 3. The predicted molar refractivity (Wildman–Crippen MR) is 66.9 cm³/mol. The number of aliphatic imine (C=N–C) groups is 1. The van der Waals surface area contributed by atoms with Crippen molar-refractivity contribution < 1.29 is 29.6 Å². The second kappa shape index (κ2) is 6.08. The molecular formula is C12H19N2O6-. The van der Waals surface area contributed by atoms with Crippen molar-refractivity contribution in [2.24, 2.45) is 4.99 Å². The van der Waals surface area contributed by atoms with Gasteiger partial charge in [0.05, 0.1) is 6.10 Å². The Hall–Kier alpha value is -1.83. The maximum Gasteiger partial charge on any atom is 0.329 e. The predicted octanol–water partition coefficient (Wildman–Crippen LogP) is -1.44. The fourth-order valence-electron chi connectivity index (χ4n) is 1.87. The molecule has 1 amide bonds. The quantitative estimate of drug-likeness (QED) is 0.484. The van der Waals surface area contributed by atoms with Crippen LogP contribution in [0.4, 0.5) is 0 Å². The monoisotopic (exact) mass is 287 g/mol. The van der Waals surface area contributed by atoms with Crippen LogP contribution < -0.4 is 5.11 Å². The summed E-state index contributed by atoms with van der Waals surface area (Å²) in [5.74, 6) is -1.90. The Labute approximate surface area is 116 Å². The van der Waals surface area contributed by atoms with Gasteiger partial charge in [-0.25, -0.2) is 4.79 Å². The fraction of sp³-hybridized carbons (Fsp3) is 0.750. The maximum absolute atomic E-state index is 11.8. The molecule has 1 fully saturated rings. The zero-order chi connectivity index (χ0) is 15.5. The van der Waals surface area contributed by atoms with Crippen molar-refractivity contribution in [3.63, 3.8) is 0 Å². The van der Waals surface area contributed by atoms with Crippen LogP contribution in [0.3, 0.4) is 0 Å². The van der Waals surface area contributed by atoms with Crippen molar-refractivity contribution in [1.29, 1.82) is 0 Å².